The maximum atomic E-state index is 13.1. The number of benzene rings is 5. The quantitative estimate of drug-likeness (QED) is 0.0208. The van der Waals surface area contributed by atoms with Crippen molar-refractivity contribution < 1.29 is 91.6 Å². The van der Waals surface area contributed by atoms with Gasteiger partial charge in [-0.2, -0.15) is 26.3 Å². The van der Waals surface area contributed by atoms with Gasteiger partial charge in [0.05, 0.1) is 112 Å². The highest BCUT2D eigenvalue weighted by atomic mass is 32.2. The van der Waals surface area contributed by atoms with Crippen molar-refractivity contribution in [2.45, 2.75) is 216 Å². The van der Waals surface area contributed by atoms with E-state index < -0.39 is 127 Å². The lowest BCUT2D eigenvalue weighted by Gasteiger charge is -2.27. The summed E-state index contributed by atoms with van der Waals surface area (Å²) >= 11 is 0. The van der Waals surface area contributed by atoms with Crippen molar-refractivity contribution in [3.8, 4) is 67.4 Å². The first-order valence-corrected chi connectivity index (χ1v) is 53.5. The Labute approximate surface area is 860 Å². The van der Waals surface area contributed by atoms with Crippen LogP contribution in [0.15, 0.2) is 172 Å². The maximum Gasteiger partial charge on any atom is 0.272 e. The molecule has 0 radical (unpaired) electrons. The number of terminal acetylenes is 3. The number of hydrogen-bond donors (Lipinski definition) is 13. The topological polar surface area (TPSA) is 597 Å². The molecule has 148 heavy (non-hydrogen) atoms. The van der Waals surface area contributed by atoms with E-state index in [1.165, 1.54) is 86.7 Å². The third kappa shape index (κ3) is 24.8. The maximum absolute atomic E-state index is 13.1. The molecule has 5 aromatic carbocycles. The number of ketones is 2. The number of aliphatic hydroxyl groups is 5. The molecule has 10 atom stereocenters. The van der Waals surface area contributed by atoms with Crippen molar-refractivity contribution >= 4 is 96.5 Å². The molecule has 0 bridgehead atoms. The Kier molecular flexibility index (Phi) is 34.7. The van der Waals surface area contributed by atoms with Crippen molar-refractivity contribution in [2.75, 3.05) is 16.0 Å². The fourth-order valence-electron chi connectivity index (χ4n) is 17.9. The van der Waals surface area contributed by atoms with E-state index in [1.54, 1.807) is 147 Å². The SMILES string of the molecule is C#C[C@@](C)(O)[C@@H]1CCc2c(cn(C)c2C(=O)Nc2ccc(C)c(C#N)c2)S(=O)(=O)N1.C#C[C@@](C)(O)[C@H]1CCc2c(cn(C)c2C(=O)Nc2ccc(C)c(C#N)c2)S(=O)(=O)N1.C#C[C@](C)(O)[C@@H]1CCc2c(cn(C)c2C(=O)Nc2ccc(C)c(C#N)c2)S(=O)(=O)N1.C=C[C@@H](O)[C@H]1CCc2c(cn(C)c2C(=O)Cc2ccc(C)c(C#N)c2)S(=O)(=O)N1.C=C[C@H](O)[C@H]1CCc2c(cn(C)c2C(=O)Cc2ccc(C)c(C#N)c2)S(=O)(=O)N1. The van der Waals surface area contributed by atoms with Crippen LogP contribution in [0.25, 0.3) is 0 Å². The minimum absolute atomic E-state index is 0.0212. The van der Waals surface area contributed by atoms with Gasteiger partial charge in [-0.15, -0.1) is 32.4 Å². The van der Waals surface area contributed by atoms with E-state index in [4.69, 9.17) is 19.3 Å². The first-order valence-electron chi connectivity index (χ1n) is 46.1. The Morgan fingerprint density at radius 2 is 0.595 bits per heavy atom. The van der Waals surface area contributed by atoms with Gasteiger partial charge in [-0.25, -0.2) is 65.7 Å². The number of nitrogens with one attached hydrogen (secondary N) is 8. The zero-order valence-electron chi connectivity index (χ0n) is 83.2. The molecule has 0 saturated carbocycles. The predicted molar refractivity (Wildman–Crippen MR) is 549 cm³/mol. The summed E-state index contributed by atoms with van der Waals surface area (Å²) in [6.45, 7) is 20.2. The van der Waals surface area contributed by atoms with Gasteiger partial charge in [0.25, 0.3) is 17.7 Å². The second-order valence-electron chi connectivity index (χ2n) is 37.2. The van der Waals surface area contributed by atoms with Crippen LogP contribution in [-0.2, 0) is 130 Å². The number of Topliss-reactive ketones (excluding diaryl/α,β-unsaturated/α-hetero) is 2. The number of rotatable bonds is 19. The van der Waals surface area contributed by atoms with E-state index in [0.29, 0.717) is 121 Å². The molecule has 0 saturated heterocycles. The lowest BCUT2D eigenvalue weighted by molar-refractivity contribution is 0.0824. The number of anilines is 3. The summed E-state index contributed by atoms with van der Waals surface area (Å²) < 4.78 is 148. The van der Waals surface area contributed by atoms with Crippen LogP contribution < -0.4 is 39.6 Å². The molecule has 3 amide bonds. The molecular weight excluding hydrogens is 1990 g/mol. The molecule has 0 spiro atoms. The average molecular weight is 2110 g/mol. The summed E-state index contributed by atoms with van der Waals surface area (Å²) in [5, 5.41) is 105. The molecule has 43 heteroatoms. The van der Waals surface area contributed by atoms with E-state index in [9.17, 15) is 118 Å². The summed E-state index contributed by atoms with van der Waals surface area (Å²) in [6.07, 6.45) is 26.4. The van der Waals surface area contributed by atoms with Crippen molar-refractivity contribution in [1.29, 1.82) is 26.3 Å². The Hall–Kier alpha value is -14.8. The number of aromatic nitrogens is 5. The van der Waals surface area contributed by atoms with Gasteiger partial charge in [0, 0.05) is 124 Å². The van der Waals surface area contributed by atoms with E-state index in [2.05, 4.69) is 101 Å². The van der Waals surface area contributed by atoms with E-state index in [0.717, 1.165) is 27.8 Å². The zero-order chi connectivity index (χ0) is 109. The number of nitriles is 5. The normalized spacial score (nSPS) is 19.2. The van der Waals surface area contributed by atoms with Crippen LogP contribution in [-0.4, -0.2) is 179 Å². The van der Waals surface area contributed by atoms with Crippen LogP contribution in [0.5, 0.6) is 0 Å². The number of sulfonamides is 5. The molecule has 5 aromatic heterocycles. The van der Waals surface area contributed by atoms with Crippen molar-refractivity contribution in [3.63, 3.8) is 0 Å². The Morgan fingerprint density at radius 3 is 0.831 bits per heavy atom. The number of hydrogen-bond acceptors (Lipinski definition) is 25. The molecule has 0 fully saturated rings. The molecule has 5 aliphatic rings. The molecule has 38 nitrogen and oxygen atoms in total. The van der Waals surface area contributed by atoms with Gasteiger partial charge in [-0.1, -0.05) is 72.4 Å². The Morgan fingerprint density at radius 1 is 0.378 bits per heavy atom. The third-order valence-corrected chi connectivity index (χ3v) is 34.1. The number of fused-ring (bicyclic) bond motifs is 5. The smallest absolute Gasteiger partial charge is 0.272 e. The molecule has 10 aromatic rings. The predicted octanol–water partition coefficient (Wildman–Crippen LogP) is 7.85. The number of nitrogens with zero attached hydrogens (tertiary/aromatic N) is 10. The van der Waals surface area contributed by atoms with Crippen LogP contribution in [0.4, 0.5) is 17.1 Å². The lowest BCUT2D eigenvalue weighted by Crippen LogP contribution is -2.49. The fraction of sp³-hybridized carbons (Fsp3) is 0.333. The Bertz CT molecular complexity index is 7420. The fourth-order valence-corrected chi connectivity index (χ4v) is 26.1. The largest absolute Gasteiger partial charge is 0.387 e. The van der Waals surface area contributed by atoms with Gasteiger partial charge in [-0.05, 0) is 207 Å². The number of aliphatic hydroxyl groups excluding tert-OH is 2. The summed E-state index contributed by atoms with van der Waals surface area (Å²) in [6, 6.07) is 31.8. The molecule has 0 unspecified atom stereocenters. The molecule has 15 rings (SSSR count). The highest BCUT2D eigenvalue weighted by molar-refractivity contribution is 7.90. The second kappa shape index (κ2) is 45.3. The lowest BCUT2D eigenvalue weighted by atomic mass is 9.92. The van der Waals surface area contributed by atoms with Gasteiger partial charge in [0.15, 0.2) is 11.6 Å². The molecule has 772 valence electrons. The minimum Gasteiger partial charge on any atom is -0.387 e. The highest BCUT2D eigenvalue weighted by Crippen LogP contribution is 2.38. The zero-order valence-corrected chi connectivity index (χ0v) is 87.3. The number of carbonyl (C=O) groups excluding carboxylic acids is 5. The van der Waals surface area contributed by atoms with Crippen molar-refractivity contribution in [2.24, 2.45) is 35.2 Å². The summed E-state index contributed by atoms with van der Waals surface area (Å²) in [5.41, 5.74) is 7.22. The molecule has 5 aliphatic heterocycles. The highest BCUT2D eigenvalue weighted by Gasteiger charge is 2.45. The van der Waals surface area contributed by atoms with Crippen LogP contribution in [0, 0.1) is 128 Å². The van der Waals surface area contributed by atoms with Gasteiger partial charge in [0.1, 0.15) is 58.4 Å². The van der Waals surface area contributed by atoms with Crippen LogP contribution in [0.3, 0.4) is 0 Å². The van der Waals surface area contributed by atoms with E-state index in [1.807, 2.05) is 13.8 Å². The molecule has 13 N–H and O–H groups in total. The Balaban J connectivity index is 0.000000176. The van der Waals surface area contributed by atoms with Crippen LogP contribution in [0.2, 0.25) is 0 Å². The number of aryl methyl sites for hydroxylation is 10. The summed E-state index contributed by atoms with van der Waals surface area (Å²) in [7, 11) is -11.7. The monoisotopic (exact) mass is 2100 g/mol. The molecular formula is C105H112N18O20S5. The second-order valence-corrected chi connectivity index (χ2v) is 45.6. The average Bonchev–Trinajstić information content (AvgIpc) is 1.64. The number of carbonyl (C=O) groups is 5. The molecule has 0 aliphatic carbocycles. The van der Waals surface area contributed by atoms with E-state index in [-0.39, 0.29) is 104 Å². The number of amides is 3. The van der Waals surface area contributed by atoms with Crippen molar-refractivity contribution in [1.82, 2.24) is 46.4 Å². The van der Waals surface area contributed by atoms with Crippen LogP contribution >= 0.6 is 0 Å². The first kappa shape index (κ1) is 114. The summed E-state index contributed by atoms with van der Waals surface area (Å²) in [5.74, 6) is 4.70. The van der Waals surface area contributed by atoms with Crippen LogP contribution in [0.1, 0.15) is 200 Å². The molecule has 10 heterocycles. The van der Waals surface area contributed by atoms with Gasteiger partial charge < -0.3 is 64.3 Å². The minimum atomic E-state index is -3.99. The van der Waals surface area contributed by atoms with Gasteiger partial charge in [0.2, 0.25) is 50.1 Å². The van der Waals surface area contributed by atoms with Gasteiger partial charge >= 0.3 is 0 Å². The standard InChI is InChI=1S/3C21H22N4O4S.2C21H23N3O4S/c3*1-5-21(3,27)18-9-8-16-17(30(28,29)24-18)12-25(4)19(16)20(26)23-15-7-6-13(2)14(10-15)11-22;2*1-4-18(25)17-8-7-16-20(29(27,28)23-17)12-24(3)21(16)19(26)10-14-6-5-13(2)15(9-14)11-22/h3*1,6-7,10,12,18,24,27H,8-9H2,2-4H3,(H,23,26);2*4-6,9,12,17-18,23,25H,1,7-8,10H2,2-3H3/t18-,21+;2*18-,21-;17-,18+;17-,18-/m01011/s1. The van der Waals surface area contributed by atoms with E-state index >= 15 is 0 Å². The van der Waals surface area contributed by atoms with Crippen molar-refractivity contribution in [3.05, 3.63) is 270 Å². The first-order chi connectivity index (χ1) is 69.3. The van der Waals surface area contributed by atoms with Gasteiger partial charge in [-0.3, -0.25) is 24.0 Å². The third-order valence-electron chi connectivity index (χ3n) is 26.5. The summed E-state index contributed by atoms with van der Waals surface area (Å²) in [4.78, 5) is 65.2.